The van der Waals surface area contributed by atoms with Crippen molar-refractivity contribution in [1.82, 2.24) is 5.32 Å². The quantitative estimate of drug-likeness (QED) is 0.361. The molecule has 0 aromatic rings. The Hall–Kier alpha value is -0.810. The third-order valence-electron chi connectivity index (χ3n) is 1.99. The minimum atomic E-state index is 0.181. The molecule has 0 amide bonds. The molecule has 1 atom stereocenters. The van der Waals surface area contributed by atoms with Crippen molar-refractivity contribution < 1.29 is 9.47 Å². The van der Waals surface area contributed by atoms with Crippen LogP contribution in [0.25, 0.3) is 0 Å². The van der Waals surface area contributed by atoms with Gasteiger partial charge >= 0.3 is 0 Å². The molecule has 0 aromatic carbocycles. The van der Waals surface area contributed by atoms with Gasteiger partial charge in [0.1, 0.15) is 0 Å². The van der Waals surface area contributed by atoms with Crippen molar-refractivity contribution in [3.63, 3.8) is 0 Å². The minimum Gasteiger partial charge on any atom is -0.383 e. The molecule has 0 spiro atoms. The van der Waals surface area contributed by atoms with Crippen LogP contribution in [0.2, 0.25) is 0 Å². The van der Waals surface area contributed by atoms with E-state index in [9.17, 15) is 0 Å². The first kappa shape index (κ1) is 16.2. The van der Waals surface area contributed by atoms with Crippen molar-refractivity contribution in [1.29, 1.82) is 0 Å². The SMILES string of the molecule is COCC(C)NC(N)=NCCCOCC(C)C. The largest absolute Gasteiger partial charge is 0.383 e. The van der Waals surface area contributed by atoms with Crippen LogP contribution in [-0.4, -0.2) is 45.5 Å². The highest BCUT2D eigenvalue weighted by Crippen LogP contribution is 1.93. The second-order valence-electron chi connectivity index (χ2n) is 4.59. The molecule has 0 bridgehead atoms. The minimum absolute atomic E-state index is 0.181. The molecule has 3 N–H and O–H groups in total. The molecule has 5 heteroatoms. The van der Waals surface area contributed by atoms with E-state index in [1.165, 1.54) is 0 Å². The van der Waals surface area contributed by atoms with Crippen LogP contribution in [0.15, 0.2) is 4.99 Å². The number of nitrogens with two attached hydrogens (primary N) is 1. The fourth-order valence-corrected chi connectivity index (χ4v) is 1.27. The van der Waals surface area contributed by atoms with E-state index in [0.717, 1.165) is 19.6 Å². The Balaban J connectivity index is 3.49. The average molecular weight is 245 g/mol. The molecular weight excluding hydrogens is 218 g/mol. The van der Waals surface area contributed by atoms with E-state index in [2.05, 4.69) is 24.2 Å². The lowest BCUT2D eigenvalue weighted by atomic mass is 10.2. The van der Waals surface area contributed by atoms with E-state index in [0.29, 0.717) is 25.0 Å². The highest BCUT2D eigenvalue weighted by Gasteiger charge is 2.00. The number of rotatable bonds is 9. The molecule has 0 aliphatic carbocycles. The first-order valence-electron chi connectivity index (χ1n) is 6.19. The summed E-state index contributed by atoms with van der Waals surface area (Å²) in [6.45, 7) is 9.13. The Kier molecular flexibility index (Phi) is 9.86. The Labute approximate surface area is 105 Å². The zero-order chi connectivity index (χ0) is 13.1. The highest BCUT2D eigenvalue weighted by molar-refractivity contribution is 5.78. The van der Waals surface area contributed by atoms with Gasteiger partial charge in [0.15, 0.2) is 5.96 Å². The van der Waals surface area contributed by atoms with Crippen molar-refractivity contribution in [2.45, 2.75) is 33.2 Å². The maximum atomic E-state index is 5.71. The molecule has 0 aliphatic heterocycles. The summed E-state index contributed by atoms with van der Waals surface area (Å²) in [5.41, 5.74) is 5.71. The molecule has 102 valence electrons. The Morgan fingerprint density at radius 3 is 2.59 bits per heavy atom. The average Bonchev–Trinajstić information content (AvgIpc) is 2.23. The van der Waals surface area contributed by atoms with Gasteiger partial charge in [0.25, 0.3) is 0 Å². The molecule has 0 aromatic heterocycles. The smallest absolute Gasteiger partial charge is 0.188 e. The first-order valence-corrected chi connectivity index (χ1v) is 6.19. The van der Waals surface area contributed by atoms with E-state index in [1.54, 1.807) is 7.11 Å². The van der Waals surface area contributed by atoms with E-state index >= 15 is 0 Å². The van der Waals surface area contributed by atoms with Crippen LogP contribution in [0.4, 0.5) is 0 Å². The van der Waals surface area contributed by atoms with Gasteiger partial charge in [-0.25, -0.2) is 0 Å². The van der Waals surface area contributed by atoms with Crippen LogP contribution in [0.3, 0.4) is 0 Å². The summed E-state index contributed by atoms with van der Waals surface area (Å²) >= 11 is 0. The van der Waals surface area contributed by atoms with Gasteiger partial charge in [0.2, 0.25) is 0 Å². The number of methoxy groups -OCH3 is 1. The van der Waals surface area contributed by atoms with E-state index < -0.39 is 0 Å². The maximum Gasteiger partial charge on any atom is 0.188 e. The van der Waals surface area contributed by atoms with Crippen LogP contribution >= 0.6 is 0 Å². The number of nitrogens with zero attached hydrogens (tertiary/aromatic N) is 1. The second-order valence-corrected chi connectivity index (χ2v) is 4.59. The fourth-order valence-electron chi connectivity index (χ4n) is 1.27. The predicted octanol–water partition coefficient (Wildman–Crippen LogP) is 0.988. The monoisotopic (exact) mass is 245 g/mol. The lowest BCUT2D eigenvalue weighted by Crippen LogP contribution is -2.40. The van der Waals surface area contributed by atoms with Gasteiger partial charge in [0, 0.05) is 32.9 Å². The lowest BCUT2D eigenvalue weighted by molar-refractivity contribution is 0.109. The van der Waals surface area contributed by atoms with Crippen molar-refractivity contribution in [3.8, 4) is 0 Å². The molecular formula is C12H27N3O2. The third-order valence-corrected chi connectivity index (χ3v) is 1.99. The first-order chi connectivity index (χ1) is 8.06. The summed E-state index contributed by atoms with van der Waals surface area (Å²) in [5.74, 6) is 1.05. The molecule has 0 saturated carbocycles. The number of hydrogen-bond acceptors (Lipinski definition) is 3. The van der Waals surface area contributed by atoms with E-state index in [4.69, 9.17) is 15.2 Å². The molecule has 0 aliphatic rings. The van der Waals surface area contributed by atoms with Gasteiger partial charge in [0.05, 0.1) is 6.61 Å². The van der Waals surface area contributed by atoms with Gasteiger partial charge in [-0.15, -0.1) is 0 Å². The normalized spacial score (nSPS) is 14.1. The van der Waals surface area contributed by atoms with Crippen LogP contribution < -0.4 is 11.1 Å². The molecule has 0 rings (SSSR count). The van der Waals surface area contributed by atoms with Gasteiger partial charge < -0.3 is 20.5 Å². The van der Waals surface area contributed by atoms with Gasteiger partial charge in [-0.1, -0.05) is 13.8 Å². The van der Waals surface area contributed by atoms with Crippen molar-refractivity contribution >= 4 is 5.96 Å². The van der Waals surface area contributed by atoms with Gasteiger partial charge in [-0.05, 0) is 19.3 Å². The third kappa shape index (κ3) is 11.5. The van der Waals surface area contributed by atoms with Gasteiger partial charge in [-0.3, -0.25) is 4.99 Å². The zero-order valence-corrected chi connectivity index (χ0v) is 11.5. The Bertz CT molecular complexity index is 208. The Morgan fingerprint density at radius 1 is 1.29 bits per heavy atom. The summed E-state index contributed by atoms with van der Waals surface area (Å²) in [7, 11) is 1.66. The lowest BCUT2D eigenvalue weighted by Gasteiger charge is -2.13. The molecule has 0 radical (unpaired) electrons. The number of nitrogens with one attached hydrogen (secondary N) is 1. The molecule has 0 heterocycles. The zero-order valence-electron chi connectivity index (χ0n) is 11.5. The Morgan fingerprint density at radius 2 is 2.00 bits per heavy atom. The van der Waals surface area contributed by atoms with Crippen LogP contribution in [0, 0.1) is 5.92 Å². The van der Waals surface area contributed by atoms with Crippen molar-refractivity contribution in [2.24, 2.45) is 16.6 Å². The topological polar surface area (TPSA) is 68.9 Å². The van der Waals surface area contributed by atoms with Crippen molar-refractivity contribution in [2.75, 3.05) is 33.5 Å². The summed E-state index contributed by atoms with van der Waals surface area (Å²) in [5, 5.41) is 3.05. The molecule has 1 unspecified atom stereocenters. The number of hydrogen-bond donors (Lipinski definition) is 2. The standard InChI is InChI=1S/C12H27N3O2/c1-10(2)8-17-7-5-6-14-12(13)15-11(3)9-16-4/h10-11H,5-9H2,1-4H3,(H3,13,14,15). The molecule has 0 saturated heterocycles. The van der Waals surface area contributed by atoms with Crippen LogP contribution in [0.1, 0.15) is 27.2 Å². The summed E-state index contributed by atoms with van der Waals surface area (Å²) in [4.78, 5) is 4.21. The number of aliphatic imine (C=N–C) groups is 1. The molecule has 5 nitrogen and oxygen atoms in total. The molecule has 17 heavy (non-hydrogen) atoms. The predicted molar refractivity (Wildman–Crippen MR) is 71.2 cm³/mol. The van der Waals surface area contributed by atoms with Gasteiger partial charge in [-0.2, -0.15) is 0 Å². The number of ether oxygens (including phenoxy) is 2. The highest BCUT2D eigenvalue weighted by atomic mass is 16.5. The summed E-state index contributed by atoms with van der Waals surface area (Å²) in [6, 6.07) is 0.181. The summed E-state index contributed by atoms with van der Waals surface area (Å²) < 4.78 is 10.4. The second kappa shape index (κ2) is 10.4. The number of guanidine groups is 1. The van der Waals surface area contributed by atoms with E-state index in [1.807, 2.05) is 6.92 Å². The maximum absolute atomic E-state index is 5.71. The van der Waals surface area contributed by atoms with E-state index in [-0.39, 0.29) is 6.04 Å². The van der Waals surface area contributed by atoms with Crippen LogP contribution in [-0.2, 0) is 9.47 Å². The summed E-state index contributed by atoms with van der Waals surface area (Å²) in [6.07, 6.45) is 0.897. The fraction of sp³-hybridized carbons (Fsp3) is 0.917. The van der Waals surface area contributed by atoms with Crippen LogP contribution in [0.5, 0.6) is 0 Å². The van der Waals surface area contributed by atoms with Crippen molar-refractivity contribution in [3.05, 3.63) is 0 Å². The molecule has 0 fully saturated rings.